The summed E-state index contributed by atoms with van der Waals surface area (Å²) < 4.78 is 0. The first kappa shape index (κ1) is 82.5. The molecule has 0 aromatic carbocycles. The van der Waals surface area contributed by atoms with Crippen molar-refractivity contribution in [2.75, 3.05) is 60.6 Å². The van der Waals surface area contributed by atoms with Crippen LogP contribution in [-0.4, -0.2) is 65.9 Å². The number of hydrogen-bond donors (Lipinski definition) is 1. The fourth-order valence-electron chi connectivity index (χ4n) is 14.1. The molecule has 0 aliphatic carbocycles. The first-order chi connectivity index (χ1) is 43.7. The Kier molecular flexibility index (Phi) is 62.6. The van der Waals surface area contributed by atoms with Crippen LogP contribution in [0.3, 0.4) is 0 Å². The average molecular weight is 1230 g/mol. The molecule has 2 heterocycles. The van der Waals surface area contributed by atoms with Crippen LogP contribution in [-0.2, 0) is 0 Å². The van der Waals surface area contributed by atoms with Crippen molar-refractivity contribution in [2.45, 2.75) is 451 Å². The van der Waals surface area contributed by atoms with E-state index in [2.05, 4.69) is 42.4 Å². The zero-order valence-corrected chi connectivity index (χ0v) is 60.8. The lowest BCUT2D eigenvalue weighted by molar-refractivity contribution is 0.202. The van der Waals surface area contributed by atoms with Crippen LogP contribution in [0.5, 0.6) is 0 Å². The minimum absolute atomic E-state index is 0.292. The second kappa shape index (κ2) is 66.8. The molecule has 2 rings (SSSR count). The summed E-state index contributed by atoms with van der Waals surface area (Å²) in [6.45, 7) is 15.6. The Balaban J connectivity index is 2.11. The van der Waals surface area contributed by atoms with E-state index in [1.165, 1.54) is 411 Å². The van der Waals surface area contributed by atoms with Crippen molar-refractivity contribution in [3.05, 3.63) is 0 Å². The molecule has 0 amide bonds. The fraction of sp³-hybridized carbons (Fsp3) is 0.963. The maximum absolute atomic E-state index is 10.2. The normalized spacial score (nSPS) is 13.0. The molecule has 1 aliphatic rings. The lowest BCUT2D eigenvalue weighted by Crippen LogP contribution is -2.38. The molecular formula is C81H160N6O. The van der Waals surface area contributed by atoms with Gasteiger partial charge in [0.1, 0.15) is 0 Å². The van der Waals surface area contributed by atoms with Crippen molar-refractivity contribution in [1.29, 1.82) is 0 Å². The van der Waals surface area contributed by atoms with Crippen LogP contribution in [0.4, 0.5) is 17.8 Å². The summed E-state index contributed by atoms with van der Waals surface area (Å²) in [5.74, 6) is 3.16. The molecule has 0 radical (unpaired) electrons. The van der Waals surface area contributed by atoms with Crippen LogP contribution >= 0.6 is 0 Å². The SMILES string of the molecule is CCCCCCCCCCCCCCCCCCN(CCCCCCCCCCCCCCCCCC)c1nc(N(CCCCCCCCCCCCCCCCCC)CCCCCCCCCCCCCCCCCC)nc(N2CCC(CO)CC2)n1. The Bertz CT molecular complexity index is 1340. The van der Waals surface area contributed by atoms with Crippen molar-refractivity contribution >= 4 is 17.8 Å². The summed E-state index contributed by atoms with van der Waals surface area (Å²) in [6.07, 6.45) is 91.7. The Morgan fingerprint density at radius 1 is 0.261 bits per heavy atom. The molecule has 0 unspecified atom stereocenters. The van der Waals surface area contributed by atoms with Crippen LogP contribution < -0.4 is 14.7 Å². The number of aliphatic hydroxyl groups excluding tert-OH is 1. The van der Waals surface area contributed by atoms with Crippen molar-refractivity contribution in [2.24, 2.45) is 5.92 Å². The quantitative estimate of drug-likeness (QED) is 0.0652. The van der Waals surface area contributed by atoms with Crippen LogP contribution in [0.1, 0.15) is 451 Å². The van der Waals surface area contributed by atoms with Crippen molar-refractivity contribution in [3.8, 4) is 0 Å². The van der Waals surface area contributed by atoms with Crippen LogP contribution in [0, 0.1) is 5.92 Å². The van der Waals surface area contributed by atoms with Gasteiger partial charge in [0.05, 0.1) is 0 Å². The molecule has 1 aromatic rings. The molecule has 7 nitrogen and oxygen atoms in total. The van der Waals surface area contributed by atoms with Crippen LogP contribution in [0.25, 0.3) is 0 Å². The molecule has 0 spiro atoms. The number of aliphatic hydroxyl groups is 1. The van der Waals surface area contributed by atoms with E-state index in [0.29, 0.717) is 12.5 Å². The average Bonchev–Trinajstić information content (AvgIpc) is 3.44. The lowest BCUT2D eigenvalue weighted by atomic mass is 9.98. The molecule has 520 valence electrons. The predicted octanol–water partition coefficient (Wildman–Crippen LogP) is 26.7. The zero-order valence-electron chi connectivity index (χ0n) is 60.8. The maximum atomic E-state index is 10.2. The number of rotatable bonds is 72. The summed E-state index contributed by atoms with van der Waals surface area (Å²) in [6, 6.07) is 0. The smallest absolute Gasteiger partial charge is 0.231 e. The summed E-state index contributed by atoms with van der Waals surface area (Å²) >= 11 is 0. The number of aromatic nitrogens is 3. The molecule has 1 fully saturated rings. The van der Waals surface area contributed by atoms with Gasteiger partial charge >= 0.3 is 0 Å². The molecule has 7 heteroatoms. The second-order valence-electron chi connectivity index (χ2n) is 29.0. The standard InChI is InChI=1S/C81H160N6O/c1-5-9-13-17-21-25-29-33-37-41-45-49-53-57-61-65-71-85(72-66-62-58-54-50-46-42-38-34-30-26-22-18-14-10-6-2)79-82-80(84-81(83-79)87-75-69-78(77-88)70-76-87)86(73-67-63-59-55-51-47-43-39-35-31-27-23-19-15-11-7-3)74-68-64-60-56-52-48-44-40-36-32-28-24-20-16-12-8-4/h78,88H,5-77H2,1-4H3. The second-order valence-corrected chi connectivity index (χ2v) is 29.0. The van der Waals surface area contributed by atoms with Gasteiger partial charge in [-0.05, 0) is 44.4 Å². The van der Waals surface area contributed by atoms with Crippen molar-refractivity contribution in [1.82, 2.24) is 15.0 Å². The number of hydrogen-bond acceptors (Lipinski definition) is 7. The van der Waals surface area contributed by atoms with Gasteiger partial charge in [-0.1, -0.05) is 413 Å². The van der Waals surface area contributed by atoms with E-state index in [1.54, 1.807) is 0 Å². The van der Waals surface area contributed by atoms with Crippen molar-refractivity contribution < 1.29 is 5.11 Å². The van der Waals surface area contributed by atoms with Gasteiger partial charge in [-0.3, -0.25) is 0 Å². The van der Waals surface area contributed by atoms with Gasteiger partial charge in [-0.2, -0.15) is 15.0 Å². The van der Waals surface area contributed by atoms with Gasteiger partial charge in [-0.15, -0.1) is 0 Å². The van der Waals surface area contributed by atoms with E-state index in [0.717, 1.165) is 70.0 Å². The highest BCUT2D eigenvalue weighted by Gasteiger charge is 2.25. The number of unbranched alkanes of at least 4 members (excludes halogenated alkanes) is 60. The number of anilines is 3. The Morgan fingerprint density at radius 3 is 0.602 bits per heavy atom. The lowest BCUT2D eigenvalue weighted by Gasteiger charge is -2.33. The third-order valence-corrected chi connectivity index (χ3v) is 20.4. The van der Waals surface area contributed by atoms with Gasteiger partial charge in [0, 0.05) is 45.9 Å². The van der Waals surface area contributed by atoms with Gasteiger partial charge in [-0.25, -0.2) is 0 Å². The maximum Gasteiger partial charge on any atom is 0.231 e. The van der Waals surface area contributed by atoms with E-state index in [4.69, 9.17) is 15.0 Å². The Labute approximate surface area is 553 Å². The molecule has 1 aliphatic heterocycles. The highest BCUT2D eigenvalue weighted by Crippen LogP contribution is 2.27. The molecule has 1 N–H and O–H groups in total. The summed E-state index contributed by atoms with van der Waals surface area (Å²) in [4.78, 5) is 24.2. The number of nitrogens with zero attached hydrogens (tertiary/aromatic N) is 6. The summed E-state index contributed by atoms with van der Waals surface area (Å²) in [5, 5.41) is 10.2. The first-order valence-corrected chi connectivity index (χ1v) is 41.3. The topological polar surface area (TPSA) is 68.6 Å². The highest BCUT2D eigenvalue weighted by atomic mass is 16.3. The highest BCUT2D eigenvalue weighted by molar-refractivity contribution is 5.47. The van der Waals surface area contributed by atoms with E-state index < -0.39 is 0 Å². The molecular weight excluding hydrogens is 1070 g/mol. The largest absolute Gasteiger partial charge is 0.396 e. The Hall–Kier alpha value is -1.63. The Morgan fingerprint density at radius 2 is 0.432 bits per heavy atom. The van der Waals surface area contributed by atoms with E-state index >= 15 is 0 Å². The molecule has 0 bridgehead atoms. The summed E-state index contributed by atoms with van der Waals surface area (Å²) in [5.41, 5.74) is 0. The third kappa shape index (κ3) is 51.8. The molecule has 1 saturated heterocycles. The summed E-state index contributed by atoms with van der Waals surface area (Å²) in [7, 11) is 0. The minimum atomic E-state index is 0.292. The first-order valence-electron chi connectivity index (χ1n) is 41.3. The predicted molar refractivity (Wildman–Crippen MR) is 394 cm³/mol. The van der Waals surface area contributed by atoms with Gasteiger partial charge in [0.15, 0.2) is 0 Å². The molecule has 0 atom stereocenters. The zero-order chi connectivity index (χ0) is 62.8. The monoisotopic (exact) mass is 1230 g/mol. The minimum Gasteiger partial charge on any atom is -0.396 e. The van der Waals surface area contributed by atoms with E-state index in [9.17, 15) is 5.11 Å². The molecule has 0 saturated carbocycles. The van der Waals surface area contributed by atoms with Gasteiger partial charge in [0.2, 0.25) is 17.8 Å². The third-order valence-electron chi connectivity index (χ3n) is 20.4. The van der Waals surface area contributed by atoms with Gasteiger partial charge < -0.3 is 19.8 Å². The van der Waals surface area contributed by atoms with Crippen molar-refractivity contribution in [3.63, 3.8) is 0 Å². The van der Waals surface area contributed by atoms with Crippen LogP contribution in [0.2, 0.25) is 0 Å². The number of piperidine rings is 1. The molecule has 88 heavy (non-hydrogen) atoms. The van der Waals surface area contributed by atoms with E-state index in [-0.39, 0.29) is 0 Å². The van der Waals surface area contributed by atoms with Crippen LogP contribution in [0.15, 0.2) is 0 Å². The van der Waals surface area contributed by atoms with Gasteiger partial charge in [0.25, 0.3) is 0 Å². The molecule has 1 aromatic heterocycles. The van der Waals surface area contributed by atoms with E-state index in [1.807, 2.05) is 0 Å². The fourth-order valence-corrected chi connectivity index (χ4v) is 14.1.